The van der Waals surface area contributed by atoms with Crippen molar-refractivity contribution in [1.29, 1.82) is 0 Å². The van der Waals surface area contributed by atoms with Gasteiger partial charge in [0.1, 0.15) is 5.82 Å². The molecule has 3 rings (SSSR count). The zero-order valence-electron chi connectivity index (χ0n) is 10.8. The topological polar surface area (TPSA) is 40.7 Å². The van der Waals surface area contributed by atoms with Crippen molar-refractivity contribution in [2.45, 2.75) is 31.7 Å². The summed E-state index contributed by atoms with van der Waals surface area (Å²) in [4.78, 5) is 8.03. The molecule has 1 aliphatic rings. The van der Waals surface area contributed by atoms with Crippen LogP contribution in [0.5, 0.6) is 0 Å². The van der Waals surface area contributed by atoms with E-state index in [9.17, 15) is 0 Å². The fraction of sp³-hybridized carbons (Fsp3) is 0.400. The molecule has 2 N–H and O–H groups in total. The highest BCUT2D eigenvalue weighted by atomic mass is 127. The van der Waals surface area contributed by atoms with Gasteiger partial charge in [-0.25, -0.2) is 4.98 Å². The van der Waals surface area contributed by atoms with Crippen LogP contribution in [-0.2, 0) is 0 Å². The Balaban J connectivity index is 1.80. The number of aromatic amines is 1. The van der Waals surface area contributed by atoms with Gasteiger partial charge in [-0.3, -0.25) is 0 Å². The minimum absolute atomic E-state index is 0.389. The minimum atomic E-state index is 0.389. The molecular formula is C15H18IN3. The molecule has 2 heterocycles. The van der Waals surface area contributed by atoms with Gasteiger partial charge in [0.05, 0.1) is 17.9 Å². The monoisotopic (exact) mass is 367 g/mol. The van der Waals surface area contributed by atoms with Crippen LogP contribution in [0, 0.1) is 3.57 Å². The van der Waals surface area contributed by atoms with E-state index < -0.39 is 0 Å². The molecule has 0 amide bonds. The second kappa shape index (κ2) is 6.05. The standard InChI is InChI=1S/C15H18IN3/c16-12-7-5-11(6-8-12)14-10-18-15(19-14)13-4-2-1-3-9-17-13/h5-8,10,13,17H,1-4,9H2,(H,18,19). The van der Waals surface area contributed by atoms with Crippen molar-refractivity contribution in [1.82, 2.24) is 15.3 Å². The first-order valence-corrected chi connectivity index (χ1v) is 7.95. The van der Waals surface area contributed by atoms with Gasteiger partial charge in [-0.1, -0.05) is 25.0 Å². The Morgan fingerprint density at radius 1 is 1.11 bits per heavy atom. The largest absolute Gasteiger partial charge is 0.341 e. The van der Waals surface area contributed by atoms with Gasteiger partial charge < -0.3 is 10.3 Å². The Hall–Kier alpha value is -0.880. The Kier molecular flexibility index (Phi) is 4.18. The van der Waals surface area contributed by atoms with Crippen molar-refractivity contribution in [2.24, 2.45) is 0 Å². The Labute approximate surface area is 127 Å². The molecular weight excluding hydrogens is 349 g/mol. The number of nitrogens with one attached hydrogen (secondary N) is 2. The van der Waals surface area contributed by atoms with Crippen LogP contribution in [0.4, 0.5) is 0 Å². The molecule has 1 aromatic heterocycles. The lowest BCUT2D eigenvalue weighted by Gasteiger charge is -2.12. The molecule has 1 aliphatic heterocycles. The van der Waals surface area contributed by atoms with Crippen molar-refractivity contribution in [3.05, 3.63) is 39.9 Å². The van der Waals surface area contributed by atoms with Gasteiger partial charge in [0.15, 0.2) is 0 Å². The van der Waals surface area contributed by atoms with Crippen LogP contribution in [0.25, 0.3) is 11.3 Å². The van der Waals surface area contributed by atoms with Gasteiger partial charge in [-0.15, -0.1) is 0 Å². The molecule has 0 saturated carbocycles. The molecule has 0 spiro atoms. The fourth-order valence-electron chi connectivity index (χ4n) is 2.55. The first kappa shape index (κ1) is 13.1. The van der Waals surface area contributed by atoms with E-state index in [-0.39, 0.29) is 0 Å². The molecule has 0 bridgehead atoms. The number of nitrogens with zero attached hydrogens (tertiary/aromatic N) is 1. The summed E-state index contributed by atoms with van der Waals surface area (Å²) in [6, 6.07) is 8.92. The summed E-state index contributed by atoms with van der Waals surface area (Å²) in [6.07, 6.45) is 7.02. The lowest BCUT2D eigenvalue weighted by molar-refractivity contribution is 0.512. The van der Waals surface area contributed by atoms with Crippen LogP contribution in [0.1, 0.15) is 37.5 Å². The normalized spacial score (nSPS) is 20.2. The van der Waals surface area contributed by atoms with E-state index in [4.69, 9.17) is 0 Å². The van der Waals surface area contributed by atoms with Crippen LogP contribution in [-0.4, -0.2) is 16.5 Å². The number of hydrogen-bond acceptors (Lipinski definition) is 2. The summed E-state index contributed by atoms with van der Waals surface area (Å²) < 4.78 is 1.26. The molecule has 1 saturated heterocycles. The van der Waals surface area contributed by atoms with E-state index in [1.165, 1.54) is 34.8 Å². The van der Waals surface area contributed by atoms with E-state index in [2.05, 4.69) is 62.1 Å². The second-order valence-electron chi connectivity index (χ2n) is 5.05. The maximum Gasteiger partial charge on any atom is 0.123 e. The number of halogens is 1. The van der Waals surface area contributed by atoms with E-state index in [0.29, 0.717) is 6.04 Å². The van der Waals surface area contributed by atoms with E-state index in [1.54, 1.807) is 0 Å². The smallest absolute Gasteiger partial charge is 0.123 e. The van der Waals surface area contributed by atoms with Gasteiger partial charge in [0.2, 0.25) is 0 Å². The highest BCUT2D eigenvalue weighted by Crippen LogP contribution is 2.24. The summed E-state index contributed by atoms with van der Waals surface area (Å²) in [5.74, 6) is 1.08. The van der Waals surface area contributed by atoms with Crippen LogP contribution >= 0.6 is 22.6 Å². The summed E-state index contributed by atoms with van der Waals surface area (Å²) in [5.41, 5.74) is 2.31. The molecule has 1 unspecified atom stereocenters. The highest BCUT2D eigenvalue weighted by Gasteiger charge is 2.16. The third kappa shape index (κ3) is 3.17. The van der Waals surface area contributed by atoms with Crippen molar-refractivity contribution < 1.29 is 0 Å². The zero-order valence-corrected chi connectivity index (χ0v) is 13.0. The van der Waals surface area contributed by atoms with Crippen molar-refractivity contribution in [3.8, 4) is 11.3 Å². The maximum absolute atomic E-state index is 4.56. The molecule has 100 valence electrons. The van der Waals surface area contributed by atoms with Gasteiger partial charge in [-0.2, -0.15) is 0 Å². The van der Waals surface area contributed by atoms with E-state index in [0.717, 1.165) is 18.1 Å². The average Bonchev–Trinajstić information content (AvgIpc) is 2.76. The summed E-state index contributed by atoms with van der Waals surface area (Å²) >= 11 is 2.32. The first-order valence-electron chi connectivity index (χ1n) is 6.87. The minimum Gasteiger partial charge on any atom is -0.341 e. The number of H-pyrrole nitrogens is 1. The highest BCUT2D eigenvalue weighted by molar-refractivity contribution is 14.1. The van der Waals surface area contributed by atoms with Gasteiger partial charge in [0, 0.05) is 3.57 Å². The van der Waals surface area contributed by atoms with Gasteiger partial charge in [0.25, 0.3) is 0 Å². The average molecular weight is 367 g/mol. The summed E-state index contributed by atoms with van der Waals surface area (Å²) in [5, 5.41) is 3.58. The van der Waals surface area contributed by atoms with E-state index in [1.807, 2.05) is 6.20 Å². The molecule has 1 atom stereocenters. The predicted molar refractivity (Wildman–Crippen MR) is 86.0 cm³/mol. The van der Waals surface area contributed by atoms with Crippen molar-refractivity contribution >= 4 is 22.6 Å². The molecule has 1 fully saturated rings. The predicted octanol–water partition coefficient (Wildman–Crippen LogP) is 3.89. The van der Waals surface area contributed by atoms with Crippen LogP contribution < -0.4 is 5.32 Å². The van der Waals surface area contributed by atoms with Crippen LogP contribution in [0.3, 0.4) is 0 Å². The quantitative estimate of drug-likeness (QED) is 0.791. The van der Waals surface area contributed by atoms with Crippen LogP contribution in [0.15, 0.2) is 30.5 Å². The Morgan fingerprint density at radius 2 is 1.95 bits per heavy atom. The molecule has 0 radical (unpaired) electrons. The molecule has 4 heteroatoms. The SMILES string of the molecule is Ic1ccc(-c2cnc(C3CCCCCN3)[nH]2)cc1. The van der Waals surface area contributed by atoms with Gasteiger partial charge >= 0.3 is 0 Å². The summed E-state index contributed by atoms with van der Waals surface area (Å²) in [7, 11) is 0. The van der Waals surface area contributed by atoms with Crippen molar-refractivity contribution in [3.63, 3.8) is 0 Å². The zero-order chi connectivity index (χ0) is 13.1. The third-order valence-corrected chi connectivity index (χ3v) is 4.36. The third-order valence-electron chi connectivity index (χ3n) is 3.64. The number of hydrogen-bond donors (Lipinski definition) is 2. The molecule has 1 aromatic carbocycles. The Bertz CT molecular complexity index is 525. The first-order chi connectivity index (χ1) is 9.33. The molecule has 0 aliphatic carbocycles. The number of aromatic nitrogens is 2. The van der Waals surface area contributed by atoms with Gasteiger partial charge in [-0.05, 0) is 59.7 Å². The maximum atomic E-state index is 4.56. The Morgan fingerprint density at radius 3 is 2.79 bits per heavy atom. The molecule has 2 aromatic rings. The molecule has 19 heavy (non-hydrogen) atoms. The lowest BCUT2D eigenvalue weighted by atomic mass is 10.1. The van der Waals surface area contributed by atoms with Crippen LogP contribution in [0.2, 0.25) is 0 Å². The van der Waals surface area contributed by atoms with E-state index >= 15 is 0 Å². The number of rotatable bonds is 2. The number of benzene rings is 1. The van der Waals surface area contributed by atoms with Crippen molar-refractivity contribution in [2.75, 3.05) is 6.54 Å². The molecule has 3 nitrogen and oxygen atoms in total. The fourth-order valence-corrected chi connectivity index (χ4v) is 2.91. The summed E-state index contributed by atoms with van der Waals surface area (Å²) in [6.45, 7) is 1.10. The lowest BCUT2D eigenvalue weighted by Crippen LogP contribution is -2.21. The number of imidazole rings is 1. The second-order valence-corrected chi connectivity index (χ2v) is 6.29.